The number of hydrazone groups is 1. The molecule has 15 nitrogen and oxygen atoms in total. The maximum Gasteiger partial charge on any atom is 0.271 e. The molecule has 1 aliphatic heterocycles. The maximum atomic E-state index is 11.1. The Morgan fingerprint density at radius 2 is 1.65 bits per heavy atom. The van der Waals surface area contributed by atoms with Crippen molar-refractivity contribution in [2.45, 2.75) is 0 Å². The summed E-state index contributed by atoms with van der Waals surface area (Å²) in [6.07, 6.45) is 1.20. The van der Waals surface area contributed by atoms with Crippen LogP contribution in [-0.2, 0) is 0 Å². The minimum Gasteiger partial charge on any atom is -0.506 e. The molecule has 0 aliphatic carbocycles. The highest BCUT2D eigenvalue weighted by atomic mass is 79.9. The number of rotatable bonds is 8. The minimum absolute atomic E-state index is 0.0490. The number of aromatic hydroxyl groups is 1. The molecule has 192 valence electrons. The summed E-state index contributed by atoms with van der Waals surface area (Å²) in [5.74, 6) is 0.432. The van der Waals surface area contributed by atoms with Gasteiger partial charge in [0, 0.05) is 61.7 Å². The zero-order valence-electron chi connectivity index (χ0n) is 19.4. The molecular formula is C21H21BrN10O5. The molecule has 0 radical (unpaired) electrons. The van der Waals surface area contributed by atoms with Crippen LogP contribution in [0.5, 0.6) is 5.75 Å². The lowest BCUT2D eigenvalue weighted by atomic mass is 10.2. The molecule has 0 bridgehead atoms. The molecule has 0 spiro atoms. The van der Waals surface area contributed by atoms with Crippen molar-refractivity contribution in [1.82, 2.24) is 19.9 Å². The van der Waals surface area contributed by atoms with Gasteiger partial charge >= 0.3 is 0 Å². The Kier molecular flexibility index (Phi) is 7.69. The Morgan fingerprint density at radius 1 is 1.00 bits per heavy atom. The van der Waals surface area contributed by atoms with Gasteiger partial charge in [0.15, 0.2) is 0 Å². The van der Waals surface area contributed by atoms with Crippen molar-refractivity contribution in [2.75, 3.05) is 48.9 Å². The summed E-state index contributed by atoms with van der Waals surface area (Å²) < 4.78 is 0.148. The van der Waals surface area contributed by atoms with Crippen LogP contribution in [-0.4, -0.2) is 74.2 Å². The molecule has 4 rings (SSSR count). The van der Waals surface area contributed by atoms with Gasteiger partial charge in [0.25, 0.3) is 11.4 Å². The van der Waals surface area contributed by atoms with Gasteiger partial charge in [-0.3, -0.25) is 20.2 Å². The van der Waals surface area contributed by atoms with E-state index in [9.17, 15) is 25.3 Å². The molecule has 0 saturated carbocycles. The third-order valence-electron chi connectivity index (χ3n) is 5.40. The van der Waals surface area contributed by atoms with Crippen LogP contribution in [0.15, 0.2) is 46.0 Å². The maximum absolute atomic E-state index is 11.1. The molecule has 3 N–H and O–H groups in total. The number of nitro groups is 2. The second-order valence-electron chi connectivity index (χ2n) is 7.99. The highest BCUT2D eigenvalue weighted by Crippen LogP contribution is 2.31. The highest BCUT2D eigenvalue weighted by molar-refractivity contribution is 9.10. The van der Waals surface area contributed by atoms with E-state index in [1.807, 2.05) is 11.9 Å². The van der Waals surface area contributed by atoms with Crippen LogP contribution in [0.2, 0.25) is 0 Å². The normalized spacial score (nSPS) is 14.1. The zero-order valence-corrected chi connectivity index (χ0v) is 21.0. The van der Waals surface area contributed by atoms with Crippen molar-refractivity contribution >= 4 is 57.1 Å². The molecule has 2 heterocycles. The number of nitro benzene ring substituents is 2. The summed E-state index contributed by atoms with van der Waals surface area (Å²) in [4.78, 5) is 38.4. The molecule has 0 amide bonds. The van der Waals surface area contributed by atoms with Gasteiger partial charge in [-0.1, -0.05) is 0 Å². The predicted molar refractivity (Wildman–Crippen MR) is 140 cm³/mol. The van der Waals surface area contributed by atoms with E-state index in [-0.39, 0.29) is 39.1 Å². The predicted octanol–water partition coefficient (Wildman–Crippen LogP) is 3.10. The number of aromatic nitrogens is 3. The van der Waals surface area contributed by atoms with Crippen LogP contribution in [0.1, 0.15) is 5.56 Å². The Morgan fingerprint density at radius 3 is 2.30 bits per heavy atom. The summed E-state index contributed by atoms with van der Waals surface area (Å²) in [7, 11) is 2.02. The van der Waals surface area contributed by atoms with Gasteiger partial charge in [-0.25, -0.2) is 5.43 Å². The largest absolute Gasteiger partial charge is 0.506 e. The summed E-state index contributed by atoms with van der Waals surface area (Å²) in [6, 6.07) is 8.15. The van der Waals surface area contributed by atoms with Gasteiger partial charge in [0.1, 0.15) is 5.75 Å². The highest BCUT2D eigenvalue weighted by Gasteiger charge is 2.19. The standard InChI is InChI=1S/C21H21BrN10O5/c1-29-6-8-30(9-7-29)21-26-19(24-14-2-4-15(5-3-14)31(34)35)25-20(27-21)28-23-12-13-10-16(32(36)37)11-17(22)18(13)33/h2-5,10-12,33H,6-9H2,1H3,(H2,24,25,26,27,28)/b23-12+. The van der Waals surface area contributed by atoms with Crippen molar-refractivity contribution in [3.63, 3.8) is 0 Å². The summed E-state index contributed by atoms with van der Waals surface area (Å²) in [5, 5.41) is 39.3. The number of phenols is 1. The molecule has 1 aliphatic rings. The Bertz CT molecular complexity index is 1350. The minimum atomic E-state index is -0.584. The number of nitrogens with zero attached hydrogens (tertiary/aromatic N) is 8. The van der Waals surface area contributed by atoms with Crippen molar-refractivity contribution in [1.29, 1.82) is 0 Å². The van der Waals surface area contributed by atoms with Gasteiger partial charge in [-0.2, -0.15) is 20.1 Å². The average molecular weight is 573 g/mol. The molecule has 37 heavy (non-hydrogen) atoms. The smallest absolute Gasteiger partial charge is 0.271 e. The monoisotopic (exact) mass is 572 g/mol. The van der Waals surface area contributed by atoms with Crippen LogP contribution in [0.25, 0.3) is 0 Å². The molecule has 1 saturated heterocycles. The van der Waals surface area contributed by atoms with Gasteiger partial charge in [-0.05, 0) is 35.1 Å². The molecule has 16 heteroatoms. The number of likely N-dealkylation sites (N-methyl/N-ethyl adjacent to an activating group) is 1. The molecule has 2 aromatic carbocycles. The van der Waals surface area contributed by atoms with Crippen molar-refractivity contribution < 1.29 is 15.0 Å². The van der Waals surface area contributed by atoms with Crippen molar-refractivity contribution in [3.8, 4) is 5.75 Å². The van der Waals surface area contributed by atoms with Crippen molar-refractivity contribution in [3.05, 3.63) is 66.7 Å². The number of piperazine rings is 1. The van der Waals surface area contributed by atoms with Crippen LogP contribution in [0.3, 0.4) is 0 Å². The molecule has 1 aromatic heterocycles. The second-order valence-corrected chi connectivity index (χ2v) is 8.85. The number of hydrogen-bond donors (Lipinski definition) is 3. The van der Waals surface area contributed by atoms with E-state index in [2.05, 4.69) is 51.6 Å². The number of nitrogens with one attached hydrogen (secondary N) is 2. The Hall–Kier alpha value is -4.44. The Labute approximate surface area is 218 Å². The molecule has 3 aromatic rings. The number of phenolic OH excluding ortho intramolecular Hbond substituents is 1. The summed E-state index contributed by atoms with van der Waals surface area (Å²) in [6.45, 7) is 3.02. The molecule has 0 atom stereocenters. The van der Waals surface area contributed by atoms with E-state index < -0.39 is 9.85 Å². The average Bonchev–Trinajstić information content (AvgIpc) is 2.87. The number of non-ortho nitro benzene ring substituents is 2. The third kappa shape index (κ3) is 6.42. The number of hydrogen-bond acceptors (Lipinski definition) is 13. The molecular weight excluding hydrogens is 552 g/mol. The first kappa shape index (κ1) is 25.6. The van der Waals surface area contributed by atoms with Crippen LogP contribution in [0.4, 0.5) is 34.9 Å². The van der Waals surface area contributed by atoms with E-state index in [0.717, 1.165) is 13.1 Å². The fourth-order valence-corrected chi connectivity index (χ4v) is 3.85. The van der Waals surface area contributed by atoms with E-state index in [0.29, 0.717) is 24.7 Å². The Balaban J connectivity index is 1.60. The first-order valence-corrected chi connectivity index (χ1v) is 11.7. The fraction of sp³-hybridized carbons (Fsp3) is 0.238. The van der Waals surface area contributed by atoms with Crippen molar-refractivity contribution in [2.24, 2.45) is 5.10 Å². The van der Waals surface area contributed by atoms with E-state index >= 15 is 0 Å². The van der Waals surface area contributed by atoms with Crippen LogP contribution in [0, 0.1) is 20.2 Å². The lowest BCUT2D eigenvalue weighted by Gasteiger charge is -2.32. The molecule has 0 unspecified atom stereocenters. The van der Waals surface area contributed by atoms with Crippen LogP contribution >= 0.6 is 15.9 Å². The topological polar surface area (TPSA) is 188 Å². The fourth-order valence-electron chi connectivity index (χ4n) is 3.38. The van der Waals surface area contributed by atoms with Gasteiger partial charge in [-0.15, -0.1) is 0 Å². The lowest BCUT2D eigenvalue weighted by Crippen LogP contribution is -2.45. The molecule has 1 fully saturated rings. The third-order valence-corrected chi connectivity index (χ3v) is 6.01. The van der Waals surface area contributed by atoms with E-state index in [1.165, 1.54) is 42.6 Å². The summed E-state index contributed by atoms with van der Waals surface area (Å²) in [5.41, 5.74) is 3.03. The SMILES string of the molecule is CN1CCN(c2nc(N/N=C/c3cc([N+](=O)[O-])cc(Br)c3O)nc(Nc3ccc([N+](=O)[O-])cc3)n2)CC1. The first-order chi connectivity index (χ1) is 17.7. The zero-order chi connectivity index (χ0) is 26.5. The summed E-state index contributed by atoms with van der Waals surface area (Å²) >= 11 is 3.09. The van der Waals surface area contributed by atoms with E-state index in [4.69, 9.17) is 0 Å². The second kappa shape index (κ2) is 11.1. The number of benzene rings is 2. The van der Waals surface area contributed by atoms with Gasteiger partial charge in [0.2, 0.25) is 17.8 Å². The lowest BCUT2D eigenvalue weighted by molar-refractivity contribution is -0.385. The van der Waals surface area contributed by atoms with E-state index in [1.54, 1.807) is 0 Å². The first-order valence-electron chi connectivity index (χ1n) is 10.9. The number of halogens is 1. The van der Waals surface area contributed by atoms with Gasteiger partial charge in [0.05, 0.1) is 20.5 Å². The number of anilines is 4. The quantitative estimate of drug-likeness (QED) is 0.203. The van der Waals surface area contributed by atoms with Gasteiger partial charge < -0.3 is 20.2 Å². The van der Waals surface area contributed by atoms with Crippen LogP contribution < -0.4 is 15.6 Å².